The number of aryl methyl sites for hydroxylation is 3. The Morgan fingerprint density at radius 1 is 0.824 bits per heavy atom. The molecule has 0 heterocycles. The van der Waals surface area contributed by atoms with Crippen LogP contribution < -0.4 is 0 Å². The van der Waals surface area contributed by atoms with Gasteiger partial charge in [0.05, 0.1) is 5.56 Å². The lowest BCUT2D eigenvalue weighted by molar-refractivity contribution is -0.160. The Morgan fingerprint density at radius 3 is 1.88 bits per heavy atom. The maximum Gasteiger partial charge on any atom is 0.339 e. The van der Waals surface area contributed by atoms with Crippen LogP contribution in [-0.2, 0) is 14.3 Å². The lowest BCUT2D eigenvalue weighted by Gasteiger charge is -2.42. The third kappa shape index (κ3) is 4.61. The first-order valence-corrected chi connectivity index (χ1v) is 12.9. The van der Waals surface area contributed by atoms with Crippen molar-refractivity contribution in [2.45, 2.75) is 92.8 Å². The van der Waals surface area contributed by atoms with Crippen molar-refractivity contribution in [1.29, 1.82) is 0 Å². The normalized spacial score (nSPS) is 30.3. The molecule has 0 N–H and O–H groups in total. The summed E-state index contributed by atoms with van der Waals surface area (Å²) in [6.07, 6.45) is 7.16. The van der Waals surface area contributed by atoms with Gasteiger partial charge in [-0.1, -0.05) is 42.2 Å². The van der Waals surface area contributed by atoms with Crippen molar-refractivity contribution in [3.8, 4) is 0 Å². The number of carbonyl (C=O) groups excluding carboxylic acids is 2. The molecule has 184 valence electrons. The Kier molecular flexibility index (Phi) is 7.07. The van der Waals surface area contributed by atoms with E-state index in [2.05, 4.69) is 0 Å². The first kappa shape index (κ1) is 24.8. The number of allylic oxidation sites excluding steroid dienone is 3. The van der Waals surface area contributed by atoms with Crippen molar-refractivity contribution in [3.63, 3.8) is 0 Å². The van der Waals surface area contributed by atoms with Gasteiger partial charge in [0.1, 0.15) is 12.2 Å². The summed E-state index contributed by atoms with van der Waals surface area (Å²) in [5.41, 5.74) is 6.34. The predicted octanol–water partition coefficient (Wildman–Crippen LogP) is 6.81. The number of benzene rings is 1. The van der Waals surface area contributed by atoms with Gasteiger partial charge in [0.25, 0.3) is 0 Å². The maximum atomic E-state index is 13.4. The van der Waals surface area contributed by atoms with Crippen LogP contribution in [0.2, 0.25) is 0 Å². The molecule has 6 unspecified atom stereocenters. The Labute approximate surface area is 204 Å². The fourth-order valence-electron chi connectivity index (χ4n) is 7.07. The van der Waals surface area contributed by atoms with Crippen LogP contribution in [0.25, 0.3) is 0 Å². The summed E-state index contributed by atoms with van der Waals surface area (Å²) in [6.45, 7) is 13.8. The molecule has 2 bridgehead atoms. The second-order valence-corrected chi connectivity index (χ2v) is 11.2. The van der Waals surface area contributed by atoms with Gasteiger partial charge in [-0.15, -0.1) is 0 Å². The number of ether oxygens (including phenoxy) is 2. The fourth-order valence-corrected chi connectivity index (χ4v) is 7.07. The maximum absolute atomic E-state index is 13.4. The van der Waals surface area contributed by atoms with Gasteiger partial charge < -0.3 is 9.47 Å². The largest absolute Gasteiger partial charge is 0.455 e. The minimum absolute atomic E-state index is 0.283. The summed E-state index contributed by atoms with van der Waals surface area (Å²) >= 11 is 0. The number of esters is 2. The third-order valence-electron chi connectivity index (χ3n) is 8.46. The van der Waals surface area contributed by atoms with Crippen LogP contribution in [0.5, 0.6) is 0 Å². The standard InChI is InChI=1S/C30H40O4/c1-16(2)12-18(4)21(7)29(31)33-27-24-15-25(23-11-9-8-10-22(23)24)28(27)34-30(32)26-19(5)13-17(3)14-20(26)6/h12-14,22-25,27-28H,8-11,15H2,1-7H3/b21-18+. The molecule has 1 aromatic rings. The van der Waals surface area contributed by atoms with Gasteiger partial charge in [-0.3, -0.25) is 0 Å². The van der Waals surface area contributed by atoms with Gasteiger partial charge in [0.2, 0.25) is 0 Å². The van der Waals surface area contributed by atoms with E-state index in [1.165, 1.54) is 25.7 Å². The average molecular weight is 465 g/mol. The number of hydrogen-bond donors (Lipinski definition) is 0. The molecule has 0 radical (unpaired) electrons. The molecule has 0 aliphatic heterocycles. The molecule has 1 aromatic carbocycles. The van der Waals surface area contributed by atoms with Gasteiger partial charge in [-0.2, -0.15) is 0 Å². The number of fused-ring (bicyclic) bond motifs is 5. The molecule has 4 rings (SSSR count). The molecule has 0 amide bonds. The summed E-state index contributed by atoms with van der Waals surface area (Å²) < 4.78 is 12.4. The molecule has 3 saturated carbocycles. The average Bonchev–Trinajstić information content (AvgIpc) is 3.29. The van der Waals surface area contributed by atoms with Crippen LogP contribution in [0.3, 0.4) is 0 Å². The van der Waals surface area contributed by atoms with E-state index >= 15 is 0 Å². The zero-order valence-corrected chi connectivity index (χ0v) is 21.9. The molecular weight excluding hydrogens is 424 g/mol. The van der Waals surface area contributed by atoms with Crippen molar-refractivity contribution in [1.82, 2.24) is 0 Å². The predicted molar refractivity (Wildman–Crippen MR) is 135 cm³/mol. The lowest BCUT2D eigenvalue weighted by atomic mass is 9.69. The molecule has 4 heteroatoms. The van der Waals surface area contributed by atoms with Crippen LogP contribution in [0.4, 0.5) is 0 Å². The van der Waals surface area contributed by atoms with E-state index in [1.54, 1.807) is 0 Å². The number of rotatable bonds is 5. The summed E-state index contributed by atoms with van der Waals surface area (Å²) in [5, 5.41) is 0. The topological polar surface area (TPSA) is 52.6 Å². The Balaban J connectivity index is 1.61. The van der Waals surface area contributed by atoms with Gasteiger partial charge in [0.15, 0.2) is 0 Å². The minimum atomic E-state index is -0.363. The Morgan fingerprint density at radius 2 is 1.35 bits per heavy atom. The highest BCUT2D eigenvalue weighted by molar-refractivity contribution is 5.93. The van der Waals surface area contributed by atoms with Crippen LogP contribution >= 0.6 is 0 Å². The van der Waals surface area contributed by atoms with Crippen LogP contribution in [0.15, 0.2) is 34.9 Å². The Hall–Kier alpha value is -2.36. The van der Waals surface area contributed by atoms with Crippen molar-refractivity contribution >= 4 is 11.9 Å². The summed E-state index contributed by atoms with van der Waals surface area (Å²) in [4.78, 5) is 26.6. The minimum Gasteiger partial charge on any atom is -0.455 e. The van der Waals surface area contributed by atoms with Crippen molar-refractivity contribution in [2.24, 2.45) is 23.7 Å². The summed E-state index contributed by atoms with van der Waals surface area (Å²) in [5.74, 6) is 1.16. The van der Waals surface area contributed by atoms with E-state index < -0.39 is 0 Å². The molecule has 0 aromatic heterocycles. The highest BCUT2D eigenvalue weighted by atomic mass is 16.6. The van der Waals surface area contributed by atoms with Crippen molar-refractivity contribution in [3.05, 3.63) is 57.2 Å². The van der Waals surface area contributed by atoms with E-state index in [9.17, 15) is 9.59 Å². The highest BCUT2D eigenvalue weighted by Crippen LogP contribution is 2.59. The van der Waals surface area contributed by atoms with E-state index in [0.29, 0.717) is 23.0 Å². The van der Waals surface area contributed by atoms with Crippen LogP contribution in [0, 0.1) is 44.4 Å². The molecule has 3 fully saturated rings. The van der Waals surface area contributed by atoms with Crippen molar-refractivity contribution < 1.29 is 19.1 Å². The molecular formula is C30H40O4. The quantitative estimate of drug-likeness (QED) is 0.273. The van der Waals surface area contributed by atoms with E-state index in [1.807, 2.05) is 66.7 Å². The molecule has 6 atom stereocenters. The molecule has 0 spiro atoms. The van der Waals surface area contributed by atoms with E-state index in [4.69, 9.17) is 9.47 Å². The number of carbonyl (C=O) groups is 2. The molecule has 34 heavy (non-hydrogen) atoms. The van der Waals surface area contributed by atoms with Crippen molar-refractivity contribution in [2.75, 3.05) is 0 Å². The first-order valence-electron chi connectivity index (χ1n) is 12.9. The lowest BCUT2D eigenvalue weighted by Crippen LogP contribution is -2.47. The Bertz CT molecular complexity index is 1020. The summed E-state index contributed by atoms with van der Waals surface area (Å²) in [6, 6.07) is 4.05. The smallest absolute Gasteiger partial charge is 0.339 e. The van der Waals surface area contributed by atoms with E-state index in [-0.39, 0.29) is 36.0 Å². The first-order chi connectivity index (χ1) is 16.1. The second kappa shape index (κ2) is 9.71. The third-order valence-corrected chi connectivity index (χ3v) is 8.46. The van der Waals surface area contributed by atoms with E-state index in [0.717, 1.165) is 34.3 Å². The zero-order chi connectivity index (χ0) is 24.7. The van der Waals surface area contributed by atoms with Gasteiger partial charge >= 0.3 is 11.9 Å². The van der Waals surface area contributed by atoms with Gasteiger partial charge in [-0.05, 0) is 96.3 Å². The second-order valence-electron chi connectivity index (χ2n) is 11.2. The highest BCUT2D eigenvalue weighted by Gasteiger charge is 2.61. The molecule has 3 aliphatic rings. The molecule has 4 nitrogen and oxygen atoms in total. The SMILES string of the molecule is CC(C)=C/C(C)=C(\C)C(=O)OC1C2CC(C3CCCCC32)C1OC(=O)c1c(C)cc(C)cc1C. The fraction of sp³-hybridized carbons (Fsp3) is 0.600. The van der Waals surface area contributed by atoms with Crippen LogP contribution in [0.1, 0.15) is 86.8 Å². The monoisotopic (exact) mass is 464 g/mol. The zero-order valence-electron chi connectivity index (χ0n) is 21.9. The summed E-state index contributed by atoms with van der Waals surface area (Å²) in [7, 11) is 0. The van der Waals surface area contributed by atoms with Gasteiger partial charge in [0, 0.05) is 17.4 Å². The van der Waals surface area contributed by atoms with Crippen LogP contribution in [-0.4, -0.2) is 24.1 Å². The molecule has 3 aliphatic carbocycles. The molecule has 0 saturated heterocycles. The number of hydrogen-bond acceptors (Lipinski definition) is 4. The van der Waals surface area contributed by atoms with Gasteiger partial charge in [-0.25, -0.2) is 9.59 Å².